The molecule has 5 nitrogen and oxygen atoms in total. The predicted molar refractivity (Wildman–Crippen MR) is 67.4 cm³/mol. The molecule has 0 aliphatic carbocycles. The van der Waals surface area contributed by atoms with Gasteiger partial charge < -0.3 is 14.2 Å². The van der Waals surface area contributed by atoms with Crippen molar-refractivity contribution < 1.29 is 41.4 Å². The second kappa shape index (κ2) is 9.19. The highest BCUT2D eigenvalue weighted by atomic mass is 19.3. The molecule has 0 heterocycles. The molecule has 0 aromatic rings. The van der Waals surface area contributed by atoms with Gasteiger partial charge in [-0.2, -0.15) is 8.78 Å². The van der Waals surface area contributed by atoms with Crippen LogP contribution in [0.3, 0.4) is 0 Å². The largest absolute Gasteiger partial charge is 0.456 e. The molecule has 0 atom stereocenters. The zero-order chi connectivity index (χ0) is 17.2. The molecule has 0 saturated heterocycles. The number of hydrogen-bond donors (Lipinski definition) is 0. The van der Waals surface area contributed by atoms with Crippen molar-refractivity contribution in [3.63, 3.8) is 0 Å². The van der Waals surface area contributed by atoms with Gasteiger partial charge in [0.25, 0.3) is 5.92 Å². The molecule has 126 valence electrons. The maximum Gasteiger partial charge on any atom is 0.389 e. The maximum atomic E-state index is 13.2. The van der Waals surface area contributed by atoms with E-state index in [1.54, 1.807) is 0 Å². The van der Waals surface area contributed by atoms with E-state index < -0.39 is 50.2 Å². The summed E-state index contributed by atoms with van der Waals surface area (Å²) in [6, 6.07) is 0. The Labute approximate surface area is 124 Å². The van der Waals surface area contributed by atoms with Gasteiger partial charge in [-0.05, 0) is 0 Å². The molecular weight excluding hydrogens is 312 g/mol. The van der Waals surface area contributed by atoms with E-state index in [-0.39, 0.29) is 6.42 Å². The molecule has 0 aromatic heterocycles. The van der Waals surface area contributed by atoms with Crippen molar-refractivity contribution >= 4 is 11.9 Å². The highest BCUT2D eigenvalue weighted by Crippen LogP contribution is 2.22. The standard InChI is InChI=1S/C13H16F4O5/c1-3-5-11(19)21-9-13(16,17)22-7-6-12(14,15)8-20-10(18)4-2/h3-4H,1-2,5-9H2. The molecule has 0 fully saturated rings. The Hall–Kier alpha value is -1.90. The molecule has 0 aromatic carbocycles. The van der Waals surface area contributed by atoms with Gasteiger partial charge in [-0.1, -0.05) is 12.7 Å². The van der Waals surface area contributed by atoms with Crippen molar-refractivity contribution in [2.75, 3.05) is 19.8 Å². The Morgan fingerprint density at radius 2 is 1.68 bits per heavy atom. The molecule has 0 bridgehead atoms. The summed E-state index contributed by atoms with van der Waals surface area (Å²) in [6.45, 7) is 2.53. The fraction of sp³-hybridized carbons (Fsp3) is 0.538. The van der Waals surface area contributed by atoms with E-state index in [1.165, 1.54) is 0 Å². The Bertz CT molecular complexity index is 409. The number of rotatable bonds is 11. The van der Waals surface area contributed by atoms with Gasteiger partial charge in [0.2, 0.25) is 0 Å². The molecule has 0 rings (SSSR count). The lowest BCUT2D eigenvalue weighted by molar-refractivity contribution is -0.266. The van der Waals surface area contributed by atoms with Crippen molar-refractivity contribution in [2.45, 2.75) is 24.9 Å². The van der Waals surface area contributed by atoms with Crippen molar-refractivity contribution in [2.24, 2.45) is 0 Å². The Balaban J connectivity index is 4.08. The first-order chi connectivity index (χ1) is 10.1. The van der Waals surface area contributed by atoms with Crippen molar-refractivity contribution in [1.29, 1.82) is 0 Å². The Kier molecular flexibility index (Phi) is 8.39. The number of carbonyl (C=O) groups excluding carboxylic acids is 2. The smallest absolute Gasteiger partial charge is 0.389 e. The number of ether oxygens (including phenoxy) is 3. The molecular formula is C13H16F4O5. The number of carbonyl (C=O) groups is 2. The van der Waals surface area contributed by atoms with Gasteiger partial charge in [0.05, 0.1) is 13.0 Å². The topological polar surface area (TPSA) is 61.8 Å². The van der Waals surface area contributed by atoms with Crippen LogP contribution >= 0.6 is 0 Å². The van der Waals surface area contributed by atoms with Crippen LogP contribution in [0.25, 0.3) is 0 Å². The average molecular weight is 328 g/mol. The predicted octanol–water partition coefficient (Wildman–Crippen LogP) is 2.47. The minimum Gasteiger partial charge on any atom is -0.456 e. The third kappa shape index (κ3) is 9.92. The minimum atomic E-state index is -3.90. The van der Waals surface area contributed by atoms with Crippen molar-refractivity contribution in [3.05, 3.63) is 25.3 Å². The van der Waals surface area contributed by atoms with Crippen LogP contribution < -0.4 is 0 Å². The lowest BCUT2D eigenvalue weighted by atomic mass is 10.2. The van der Waals surface area contributed by atoms with Gasteiger partial charge in [-0.15, -0.1) is 6.58 Å². The van der Waals surface area contributed by atoms with E-state index in [9.17, 15) is 27.2 Å². The lowest BCUT2D eigenvalue weighted by Crippen LogP contribution is -2.32. The fourth-order valence-corrected chi connectivity index (χ4v) is 1.04. The minimum absolute atomic E-state index is 0.261. The van der Waals surface area contributed by atoms with E-state index in [0.29, 0.717) is 6.08 Å². The van der Waals surface area contributed by atoms with Gasteiger partial charge in [-0.25, -0.2) is 13.6 Å². The van der Waals surface area contributed by atoms with E-state index in [2.05, 4.69) is 27.4 Å². The number of hydrogen-bond acceptors (Lipinski definition) is 5. The lowest BCUT2D eigenvalue weighted by Gasteiger charge is -2.19. The van der Waals surface area contributed by atoms with Crippen LogP contribution in [0, 0.1) is 0 Å². The summed E-state index contributed by atoms with van der Waals surface area (Å²) < 4.78 is 64.8. The molecule has 0 N–H and O–H groups in total. The number of halogens is 4. The highest BCUT2D eigenvalue weighted by Gasteiger charge is 2.36. The van der Waals surface area contributed by atoms with E-state index in [1.807, 2.05) is 0 Å². The van der Waals surface area contributed by atoms with Crippen molar-refractivity contribution in [1.82, 2.24) is 0 Å². The first-order valence-corrected chi connectivity index (χ1v) is 6.07. The van der Waals surface area contributed by atoms with Crippen LogP contribution in [0.2, 0.25) is 0 Å². The first kappa shape index (κ1) is 20.1. The monoisotopic (exact) mass is 328 g/mol. The summed E-state index contributed by atoms with van der Waals surface area (Å²) in [5, 5.41) is 0. The van der Waals surface area contributed by atoms with Gasteiger partial charge in [0.1, 0.15) is 0 Å². The highest BCUT2D eigenvalue weighted by molar-refractivity contribution is 5.81. The summed E-state index contributed by atoms with van der Waals surface area (Å²) >= 11 is 0. The van der Waals surface area contributed by atoms with Gasteiger partial charge >= 0.3 is 18.0 Å². The molecule has 0 radical (unpaired) electrons. The summed E-state index contributed by atoms with van der Waals surface area (Å²) in [7, 11) is 0. The second-order valence-electron chi connectivity index (χ2n) is 4.06. The molecule has 0 aliphatic rings. The molecule has 0 unspecified atom stereocenters. The average Bonchev–Trinajstić information content (AvgIpc) is 2.42. The second-order valence-corrected chi connectivity index (χ2v) is 4.06. The number of esters is 2. The fourth-order valence-electron chi connectivity index (χ4n) is 1.04. The molecule has 0 saturated carbocycles. The van der Waals surface area contributed by atoms with Crippen LogP contribution in [0.1, 0.15) is 12.8 Å². The van der Waals surface area contributed by atoms with Gasteiger partial charge in [0, 0.05) is 12.5 Å². The third-order valence-electron chi connectivity index (χ3n) is 2.09. The van der Waals surface area contributed by atoms with Crippen molar-refractivity contribution in [3.8, 4) is 0 Å². The first-order valence-electron chi connectivity index (χ1n) is 6.07. The summed E-state index contributed by atoms with van der Waals surface area (Å²) in [4.78, 5) is 21.5. The van der Waals surface area contributed by atoms with Crippen LogP contribution in [-0.2, 0) is 23.8 Å². The van der Waals surface area contributed by atoms with Gasteiger partial charge in [0.15, 0.2) is 13.2 Å². The maximum absolute atomic E-state index is 13.2. The Morgan fingerprint density at radius 3 is 2.23 bits per heavy atom. The zero-order valence-corrected chi connectivity index (χ0v) is 11.7. The summed E-state index contributed by atoms with van der Waals surface area (Å²) in [6.07, 6.45) is -3.41. The molecule has 22 heavy (non-hydrogen) atoms. The molecule has 0 spiro atoms. The van der Waals surface area contributed by atoms with E-state index in [0.717, 1.165) is 6.08 Å². The molecule has 0 aliphatic heterocycles. The normalized spacial score (nSPS) is 11.6. The van der Waals surface area contributed by atoms with Gasteiger partial charge in [-0.3, -0.25) is 4.79 Å². The summed E-state index contributed by atoms with van der Waals surface area (Å²) in [5.41, 5.74) is 0. The molecule has 0 amide bonds. The Morgan fingerprint density at radius 1 is 1.05 bits per heavy atom. The summed E-state index contributed by atoms with van der Waals surface area (Å²) in [5.74, 6) is -5.53. The third-order valence-corrected chi connectivity index (χ3v) is 2.09. The molecule has 9 heteroatoms. The number of alkyl halides is 4. The van der Waals surface area contributed by atoms with Crippen LogP contribution in [0.4, 0.5) is 17.6 Å². The van der Waals surface area contributed by atoms with Crippen LogP contribution in [-0.4, -0.2) is 43.8 Å². The zero-order valence-electron chi connectivity index (χ0n) is 11.7. The van der Waals surface area contributed by atoms with E-state index >= 15 is 0 Å². The van der Waals surface area contributed by atoms with Crippen LogP contribution in [0.15, 0.2) is 25.3 Å². The van der Waals surface area contributed by atoms with E-state index in [4.69, 9.17) is 0 Å². The SMILES string of the molecule is C=CCC(=O)OCC(F)(F)OCCC(F)(F)COC(=O)C=C. The van der Waals surface area contributed by atoms with Crippen LogP contribution in [0.5, 0.6) is 0 Å². The quantitative estimate of drug-likeness (QED) is 0.252.